The molecule has 0 saturated carbocycles. The minimum atomic E-state index is -1.30. The second kappa shape index (κ2) is 7.64. The molecule has 2 aromatic carbocycles. The van der Waals surface area contributed by atoms with Gasteiger partial charge >= 0.3 is 5.97 Å². The minimum Gasteiger partial charge on any atom is -0.507 e. The molecule has 0 aromatic heterocycles. The molecule has 6 nitrogen and oxygen atoms in total. The molecule has 1 heterocycles. The molecule has 0 radical (unpaired) electrons. The van der Waals surface area contributed by atoms with Gasteiger partial charge in [0.25, 0.3) is 11.1 Å². The number of imide groups is 1. The first-order valence-electron chi connectivity index (χ1n) is 7.51. The molecule has 0 atom stereocenters. The van der Waals surface area contributed by atoms with E-state index < -0.39 is 17.1 Å². The van der Waals surface area contributed by atoms with E-state index in [0.29, 0.717) is 21.2 Å². The molecule has 1 fully saturated rings. The van der Waals surface area contributed by atoms with Gasteiger partial charge in [-0.1, -0.05) is 29.3 Å². The van der Waals surface area contributed by atoms with Gasteiger partial charge in [-0.15, -0.1) is 0 Å². The van der Waals surface area contributed by atoms with E-state index >= 15 is 0 Å². The monoisotopic (exact) mass is 423 g/mol. The number of carbonyl (C=O) groups is 3. The minimum absolute atomic E-state index is 0.0121. The predicted molar refractivity (Wildman–Crippen MR) is 103 cm³/mol. The second-order valence-corrected chi connectivity index (χ2v) is 7.49. The Morgan fingerprint density at radius 2 is 1.78 bits per heavy atom. The fourth-order valence-electron chi connectivity index (χ4n) is 2.49. The van der Waals surface area contributed by atoms with Crippen LogP contribution in [0, 0.1) is 0 Å². The molecule has 1 aliphatic rings. The van der Waals surface area contributed by atoms with Crippen LogP contribution in [0.1, 0.15) is 21.5 Å². The Morgan fingerprint density at radius 1 is 1.11 bits per heavy atom. The molecule has 2 N–H and O–H groups in total. The molecule has 2 amide bonds. The van der Waals surface area contributed by atoms with Gasteiger partial charge in [-0.25, -0.2) is 4.79 Å². The number of nitrogens with zero attached hydrogens (tertiary/aromatic N) is 1. The average molecular weight is 424 g/mol. The van der Waals surface area contributed by atoms with Crippen molar-refractivity contribution in [1.82, 2.24) is 4.90 Å². The first kappa shape index (κ1) is 19.3. The molecule has 9 heteroatoms. The van der Waals surface area contributed by atoms with Crippen molar-refractivity contribution >= 4 is 58.2 Å². The first-order chi connectivity index (χ1) is 12.7. The molecule has 1 aliphatic heterocycles. The summed E-state index contributed by atoms with van der Waals surface area (Å²) in [6, 6.07) is 8.66. The molecule has 27 heavy (non-hydrogen) atoms. The number of hydrogen-bond acceptors (Lipinski definition) is 5. The SMILES string of the molecule is O=C(O)c1cc(C=C2SC(=O)N(Cc3cc(Cl)cc(Cl)c3)C2=O)ccc1O. The Bertz CT molecular complexity index is 985. The van der Waals surface area contributed by atoms with E-state index in [2.05, 4.69) is 0 Å². The highest BCUT2D eigenvalue weighted by Gasteiger charge is 2.35. The van der Waals surface area contributed by atoms with Crippen LogP contribution in [0.4, 0.5) is 4.79 Å². The maximum absolute atomic E-state index is 12.6. The van der Waals surface area contributed by atoms with E-state index in [9.17, 15) is 19.5 Å². The van der Waals surface area contributed by atoms with Gasteiger partial charge in [0.05, 0.1) is 11.4 Å². The van der Waals surface area contributed by atoms with Gasteiger partial charge in [-0.2, -0.15) is 0 Å². The quantitative estimate of drug-likeness (QED) is 0.695. The number of rotatable bonds is 4. The van der Waals surface area contributed by atoms with E-state index in [1.54, 1.807) is 18.2 Å². The molecular weight excluding hydrogens is 413 g/mol. The number of carboxylic acid groups (broad SMARTS) is 1. The van der Waals surface area contributed by atoms with Crippen LogP contribution in [-0.2, 0) is 11.3 Å². The highest BCUT2D eigenvalue weighted by Crippen LogP contribution is 2.34. The summed E-state index contributed by atoms with van der Waals surface area (Å²) in [6.45, 7) is 0.0121. The topological polar surface area (TPSA) is 94.9 Å². The third-order valence-corrected chi connectivity index (χ3v) is 5.03. The summed E-state index contributed by atoms with van der Waals surface area (Å²) in [5.74, 6) is -2.19. The summed E-state index contributed by atoms with van der Waals surface area (Å²) in [4.78, 5) is 37.1. The van der Waals surface area contributed by atoms with Gasteiger partial charge in [-0.05, 0) is 59.3 Å². The Balaban J connectivity index is 1.86. The molecule has 0 spiro atoms. The maximum Gasteiger partial charge on any atom is 0.339 e. The van der Waals surface area contributed by atoms with Gasteiger partial charge in [0.1, 0.15) is 11.3 Å². The number of halogens is 2. The Labute approximate surface area is 168 Å². The molecule has 1 saturated heterocycles. The van der Waals surface area contributed by atoms with E-state index in [0.717, 1.165) is 16.7 Å². The summed E-state index contributed by atoms with van der Waals surface area (Å²) in [5.41, 5.74) is 0.687. The zero-order valence-electron chi connectivity index (χ0n) is 13.5. The largest absolute Gasteiger partial charge is 0.507 e. The Hall–Kier alpha value is -2.48. The number of phenols is 1. The molecule has 0 aliphatic carbocycles. The lowest BCUT2D eigenvalue weighted by Gasteiger charge is -2.13. The number of thioether (sulfide) groups is 1. The van der Waals surface area contributed by atoms with Gasteiger partial charge in [0.15, 0.2) is 0 Å². The van der Waals surface area contributed by atoms with E-state index in [1.807, 2.05) is 0 Å². The molecule has 2 aromatic rings. The summed E-state index contributed by atoms with van der Waals surface area (Å²) in [5, 5.41) is 18.9. The lowest BCUT2D eigenvalue weighted by Crippen LogP contribution is -2.27. The van der Waals surface area contributed by atoms with E-state index in [-0.39, 0.29) is 22.8 Å². The van der Waals surface area contributed by atoms with Gasteiger partial charge in [0, 0.05) is 10.0 Å². The van der Waals surface area contributed by atoms with Gasteiger partial charge < -0.3 is 10.2 Å². The zero-order chi connectivity index (χ0) is 19.7. The van der Waals surface area contributed by atoms with Crippen LogP contribution < -0.4 is 0 Å². The summed E-state index contributed by atoms with van der Waals surface area (Å²) in [6.07, 6.45) is 1.40. The predicted octanol–water partition coefficient (Wildman–Crippen LogP) is 4.63. The number of aromatic carboxylic acids is 1. The standard InChI is InChI=1S/C18H11Cl2NO5S/c19-11-3-10(4-12(20)7-11)8-21-16(23)15(27-18(21)26)6-9-1-2-14(22)13(5-9)17(24)25/h1-7,22H,8H2,(H,24,25). The number of benzene rings is 2. The zero-order valence-corrected chi connectivity index (χ0v) is 15.8. The second-order valence-electron chi connectivity index (χ2n) is 5.63. The fraction of sp³-hybridized carbons (Fsp3) is 0.0556. The van der Waals surface area contributed by atoms with Crippen molar-refractivity contribution in [3.8, 4) is 5.75 Å². The van der Waals surface area contributed by atoms with Crippen molar-refractivity contribution in [1.29, 1.82) is 0 Å². The van der Waals surface area contributed by atoms with Crippen molar-refractivity contribution < 1.29 is 24.6 Å². The normalized spacial score (nSPS) is 15.6. The van der Waals surface area contributed by atoms with E-state index in [4.69, 9.17) is 28.3 Å². The number of hydrogen-bond donors (Lipinski definition) is 2. The van der Waals surface area contributed by atoms with Crippen LogP contribution in [-0.4, -0.2) is 32.2 Å². The third kappa shape index (κ3) is 4.27. The summed E-state index contributed by atoms with van der Waals surface area (Å²) >= 11 is 12.6. The number of aromatic hydroxyl groups is 1. The van der Waals surface area contributed by atoms with Crippen molar-refractivity contribution in [3.63, 3.8) is 0 Å². The highest BCUT2D eigenvalue weighted by molar-refractivity contribution is 8.18. The number of carboxylic acids is 1. The summed E-state index contributed by atoms with van der Waals surface area (Å²) in [7, 11) is 0. The van der Waals surface area contributed by atoms with Crippen LogP contribution >= 0.6 is 35.0 Å². The van der Waals surface area contributed by atoms with Crippen LogP contribution in [0.25, 0.3) is 6.08 Å². The fourth-order valence-corrected chi connectivity index (χ4v) is 3.90. The van der Waals surface area contributed by atoms with Crippen LogP contribution in [0.5, 0.6) is 5.75 Å². The highest BCUT2D eigenvalue weighted by atomic mass is 35.5. The van der Waals surface area contributed by atoms with E-state index in [1.165, 1.54) is 24.3 Å². The average Bonchev–Trinajstić information content (AvgIpc) is 2.83. The van der Waals surface area contributed by atoms with Crippen LogP contribution in [0.15, 0.2) is 41.3 Å². The first-order valence-corrected chi connectivity index (χ1v) is 9.08. The lowest BCUT2D eigenvalue weighted by atomic mass is 10.1. The van der Waals surface area contributed by atoms with Crippen molar-refractivity contribution in [2.24, 2.45) is 0 Å². The smallest absolute Gasteiger partial charge is 0.339 e. The number of carbonyl (C=O) groups excluding carboxylic acids is 2. The van der Waals surface area contributed by atoms with Crippen molar-refractivity contribution in [2.45, 2.75) is 6.54 Å². The maximum atomic E-state index is 12.6. The molecule has 3 rings (SSSR count). The molecule has 0 unspecified atom stereocenters. The number of amides is 2. The third-order valence-electron chi connectivity index (χ3n) is 3.69. The Kier molecular flexibility index (Phi) is 5.46. The van der Waals surface area contributed by atoms with Gasteiger partial charge in [0.2, 0.25) is 0 Å². The van der Waals surface area contributed by atoms with Crippen LogP contribution in [0.2, 0.25) is 10.0 Å². The lowest BCUT2D eigenvalue weighted by molar-refractivity contribution is -0.123. The molecular formula is C18H11Cl2NO5S. The molecule has 0 bridgehead atoms. The Morgan fingerprint density at radius 3 is 2.41 bits per heavy atom. The molecule has 138 valence electrons. The van der Waals surface area contributed by atoms with Crippen molar-refractivity contribution in [3.05, 3.63) is 68.0 Å². The van der Waals surface area contributed by atoms with Crippen molar-refractivity contribution in [2.75, 3.05) is 0 Å². The van der Waals surface area contributed by atoms with Gasteiger partial charge in [-0.3, -0.25) is 14.5 Å². The van der Waals surface area contributed by atoms with Crippen LogP contribution in [0.3, 0.4) is 0 Å². The summed E-state index contributed by atoms with van der Waals surface area (Å²) < 4.78 is 0.